The van der Waals surface area contributed by atoms with E-state index in [2.05, 4.69) is 38.7 Å². The molecule has 168 valence electrons. The zero-order valence-corrected chi connectivity index (χ0v) is 18.7. The molecular weight excluding hydrogens is 391 g/mol. The van der Waals surface area contributed by atoms with Crippen molar-refractivity contribution >= 4 is 5.97 Å². The zero-order chi connectivity index (χ0) is 22.5. The number of ether oxygens (including phenoxy) is 1. The Morgan fingerprint density at radius 1 is 1.13 bits per heavy atom. The summed E-state index contributed by atoms with van der Waals surface area (Å²) >= 11 is 0. The van der Waals surface area contributed by atoms with E-state index in [0.717, 1.165) is 50.0 Å². The first-order valence-electron chi connectivity index (χ1n) is 10.7. The van der Waals surface area contributed by atoms with Gasteiger partial charge in [0.05, 0.1) is 18.1 Å². The maximum Gasteiger partial charge on any atom is 0.416 e. The first-order valence-corrected chi connectivity index (χ1v) is 10.7. The van der Waals surface area contributed by atoms with Gasteiger partial charge in [-0.1, -0.05) is 37.6 Å². The molecule has 1 aromatic rings. The lowest BCUT2D eigenvalue weighted by Gasteiger charge is -2.39. The van der Waals surface area contributed by atoms with Gasteiger partial charge in [0.2, 0.25) is 0 Å². The highest BCUT2D eigenvalue weighted by Gasteiger charge is 2.34. The normalized spacial score (nSPS) is 17.5. The number of carbonyl (C=O) groups is 1. The fourth-order valence-electron chi connectivity index (χ4n) is 4.16. The molecule has 1 fully saturated rings. The summed E-state index contributed by atoms with van der Waals surface area (Å²) in [6, 6.07) is 5.68. The molecule has 0 amide bonds. The molecule has 6 heteroatoms. The zero-order valence-electron chi connectivity index (χ0n) is 18.7. The van der Waals surface area contributed by atoms with E-state index in [9.17, 15) is 18.0 Å². The lowest BCUT2D eigenvalue weighted by Crippen LogP contribution is -2.44. The summed E-state index contributed by atoms with van der Waals surface area (Å²) in [5, 5.41) is 0. The maximum absolute atomic E-state index is 12.9. The summed E-state index contributed by atoms with van der Waals surface area (Å²) < 4.78 is 43.9. The number of hydrogen-bond donors (Lipinski definition) is 0. The number of likely N-dealkylation sites (tertiary alicyclic amines) is 1. The van der Waals surface area contributed by atoms with Gasteiger partial charge in [-0.25, -0.2) is 0 Å². The molecule has 0 aromatic heterocycles. The molecule has 1 atom stereocenters. The van der Waals surface area contributed by atoms with Crippen LogP contribution in [0.3, 0.4) is 0 Å². The molecule has 0 saturated carbocycles. The molecule has 1 aliphatic heterocycles. The Labute approximate surface area is 178 Å². The highest BCUT2D eigenvalue weighted by molar-refractivity contribution is 5.72. The highest BCUT2D eigenvalue weighted by Crippen LogP contribution is 2.35. The Hall–Kier alpha value is -1.82. The van der Waals surface area contributed by atoms with Crippen LogP contribution in [0.4, 0.5) is 13.2 Å². The fourth-order valence-corrected chi connectivity index (χ4v) is 4.16. The van der Waals surface area contributed by atoms with E-state index in [0.29, 0.717) is 6.61 Å². The number of nitrogens with zero attached hydrogens (tertiary/aromatic N) is 1. The number of esters is 1. The van der Waals surface area contributed by atoms with Crippen LogP contribution in [0.2, 0.25) is 0 Å². The predicted molar refractivity (Wildman–Crippen MR) is 113 cm³/mol. The van der Waals surface area contributed by atoms with E-state index in [1.165, 1.54) is 5.57 Å². The number of halogens is 3. The molecule has 1 saturated heterocycles. The van der Waals surface area contributed by atoms with Crippen LogP contribution < -0.4 is 0 Å². The second-order valence-corrected chi connectivity index (χ2v) is 9.04. The fraction of sp³-hybridized carbons (Fsp3) is 0.625. The monoisotopic (exact) mass is 425 g/mol. The van der Waals surface area contributed by atoms with Crippen molar-refractivity contribution in [2.24, 2.45) is 5.92 Å². The standard InChI is InChI=1S/C24H34F3NO2/c1-6-30-22(29)18-11-13-28(14-12-18)21(15-17(2)3)16-23(4,5)19-7-9-20(10-8-19)24(25,26)27/h7-10,15,18,21H,6,11-14,16H2,1-5H3. The Morgan fingerprint density at radius 3 is 2.13 bits per heavy atom. The largest absolute Gasteiger partial charge is 0.466 e. The second kappa shape index (κ2) is 9.99. The van der Waals surface area contributed by atoms with E-state index in [1.807, 2.05) is 6.92 Å². The number of alkyl halides is 3. The molecule has 0 bridgehead atoms. The molecule has 1 aliphatic rings. The van der Waals surface area contributed by atoms with E-state index in [-0.39, 0.29) is 23.3 Å². The maximum atomic E-state index is 12.9. The van der Waals surface area contributed by atoms with Crippen LogP contribution in [0.25, 0.3) is 0 Å². The number of piperidine rings is 1. The molecule has 1 aromatic carbocycles. The molecule has 1 unspecified atom stereocenters. The first-order chi connectivity index (χ1) is 13.9. The van der Waals surface area contributed by atoms with Gasteiger partial charge in [0, 0.05) is 6.04 Å². The van der Waals surface area contributed by atoms with Crippen LogP contribution in [0, 0.1) is 5.92 Å². The van der Waals surface area contributed by atoms with Crippen LogP contribution >= 0.6 is 0 Å². The smallest absolute Gasteiger partial charge is 0.416 e. The van der Waals surface area contributed by atoms with Gasteiger partial charge < -0.3 is 4.74 Å². The van der Waals surface area contributed by atoms with Crippen LogP contribution in [-0.2, 0) is 21.1 Å². The number of benzene rings is 1. The lowest BCUT2D eigenvalue weighted by molar-refractivity contribution is -0.149. The van der Waals surface area contributed by atoms with Gasteiger partial charge in [0.15, 0.2) is 0 Å². The summed E-state index contributed by atoms with van der Waals surface area (Å²) in [6.45, 7) is 12.1. The lowest BCUT2D eigenvalue weighted by atomic mass is 9.77. The van der Waals surface area contributed by atoms with Crippen molar-refractivity contribution in [2.75, 3.05) is 19.7 Å². The SMILES string of the molecule is CCOC(=O)C1CCN(C(C=C(C)C)CC(C)(C)c2ccc(C(F)(F)F)cc2)CC1. The molecular formula is C24H34F3NO2. The summed E-state index contributed by atoms with van der Waals surface area (Å²) in [5.74, 6) is -0.155. The minimum Gasteiger partial charge on any atom is -0.466 e. The van der Waals surface area contributed by atoms with Crippen molar-refractivity contribution < 1.29 is 22.7 Å². The minimum absolute atomic E-state index is 0.0449. The highest BCUT2D eigenvalue weighted by atomic mass is 19.4. The van der Waals surface area contributed by atoms with Gasteiger partial charge in [-0.2, -0.15) is 13.2 Å². The molecule has 0 aliphatic carbocycles. The summed E-state index contributed by atoms with van der Waals surface area (Å²) in [7, 11) is 0. The van der Waals surface area contributed by atoms with Gasteiger partial charge in [0.25, 0.3) is 0 Å². The molecule has 0 N–H and O–H groups in total. The van der Waals surface area contributed by atoms with Gasteiger partial charge in [-0.3, -0.25) is 9.69 Å². The van der Waals surface area contributed by atoms with E-state index in [4.69, 9.17) is 4.74 Å². The van der Waals surface area contributed by atoms with Gasteiger partial charge in [0.1, 0.15) is 0 Å². The van der Waals surface area contributed by atoms with Crippen molar-refractivity contribution in [1.29, 1.82) is 0 Å². The quantitative estimate of drug-likeness (QED) is 0.397. The van der Waals surface area contributed by atoms with Gasteiger partial charge >= 0.3 is 12.1 Å². The van der Waals surface area contributed by atoms with Gasteiger partial charge in [-0.05, 0) is 76.2 Å². The average molecular weight is 426 g/mol. The molecule has 1 heterocycles. The van der Waals surface area contributed by atoms with Crippen LogP contribution in [0.1, 0.15) is 65.0 Å². The number of rotatable bonds is 7. The van der Waals surface area contributed by atoms with E-state index >= 15 is 0 Å². The molecule has 0 radical (unpaired) electrons. The minimum atomic E-state index is -4.32. The summed E-state index contributed by atoms with van der Waals surface area (Å²) in [6.07, 6.45) is 0.236. The van der Waals surface area contributed by atoms with Crippen molar-refractivity contribution in [3.63, 3.8) is 0 Å². The Bertz CT molecular complexity index is 726. The molecule has 2 rings (SSSR count). The van der Waals surface area contributed by atoms with Crippen molar-refractivity contribution in [3.8, 4) is 0 Å². The topological polar surface area (TPSA) is 29.5 Å². The van der Waals surface area contributed by atoms with Crippen LogP contribution in [-0.4, -0.2) is 36.6 Å². The van der Waals surface area contributed by atoms with E-state index < -0.39 is 11.7 Å². The Morgan fingerprint density at radius 2 is 1.67 bits per heavy atom. The average Bonchev–Trinajstić information content (AvgIpc) is 2.67. The molecule has 3 nitrogen and oxygen atoms in total. The first kappa shape index (κ1) is 24.4. The Kier molecular flexibility index (Phi) is 8.14. The third kappa shape index (κ3) is 6.59. The predicted octanol–water partition coefficient (Wildman–Crippen LogP) is 5.98. The number of carbonyl (C=O) groups excluding carboxylic acids is 1. The summed E-state index contributed by atoms with van der Waals surface area (Å²) in [4.78, 5) is 14.4. The van der Waals surface area contributed by atoms with E-state index in [1.54, 1.807) is 12.1 Å². The third-order valence-electron chi connectivity index (χ3n) is 5.86. The Balaban J connectivity index is 2.12. The molecule has 30 heavy (non-hydrogen) atoms. The van der Waals surface area contributed by atoms with Crippen LogP contribution in [0.5, 0.6) is 0 Å². The van der Waals surface area contributed by atoms with Crippen molar-refractivity contribution in [2.45, 2.75) is 71.5 Å². The van der Waals surface area contributed by atoms with Gasteiger partial charge in [-0.15, -0.1) is 0 Å². The number of hydrogen-bond acceptors (Lipinski definition) is 3. The molecule has 0 spiro atoms. The van der Waals surface area contributed by atoms with Crippen LogP contribution in [0.15, 0.2) is 35.9 Å². The number of allylic oxidation sites excluding steroid dienone is 1. The van der Waals surface area contributed by atoms with Crippen molar-refractivity contribution in [1.82, 2.24) is 4.90 Å². The van der Waals surface area contributed by atoms with Crippen molar-refractivity contribution in [3.05, 3.63) is 47.0 Å². The third-order valence-corrected chi connectivity index (χ3v) is 5.86. The summed E-state index contributed by atoms with van der Waals surface area (Å²) in [5.41, 5.74) is 1.18. The second-order valence-electron chi connectivity index (χ2n) is 9.04.